The lowest BCUT2D eigenvalue weighted by Gasteiger charge is -2.22. The lowest BCUT2D eigenvalue weighted by Crippen LogP contribution is -2.26. The van der Waals surface area contributed by atoms with Crippen molar-refractivity contribution in [3.05, 3.63) is 64.1 Å². The Hall–Kier alpha value is -3.49. The standard InChI is InChI=1S/C20H22N6O3/c27-20(21-14-19-23-22-18-7-3-6-12-25(18)19)15-8-9-16(17(13-15)26(28)29)24-10-4-1-2-5-11-24/h3,6-9,12-13H,1-2,4-5,10-11,14H2,(H,21,27). The Balaban J connectivity index is 1.52. The number of nitro groups is 1. The maximum Gasteiger partial charge on any atom is 0.293 e. The summed E-state index contributed by atoms with van der Waals surface area (Å²) in [5, 5.41) is 22.5. The van der Waals surface area contributed by atoms with Gasteiger partial charge in [0, 0.05) is 30.9 Å². The van der Waals surface area contributed by atoms with Gasteiger partial charge >= 0.3 is 0 Å². The first-order valence-electron chi connectivity index (χ1n) is 9.74. The van der Waals surface area contributed by atoms with Crippen molar-refractivity contribution < 1.29 is 9.72 Å². The van der Waals surface area contributed by atoms with Crippen LogP contribution >= 0.6 is 0 Å². The normalized spacial score (nSPS) is 14.6. The van der Waals surface area contributed by atoms with E-state index in [0.29, 0.717) is 17.2 Å². The van der Waals surface area contributed by atoms with Crippen molar-refractivity contribution >= 4 is 22.9 Å². The van der Waals surface area contributed by atoms with Gasteiger partial charge in [-0.1, -0.05) is 18.9 Å². The second-order valence-electron chi connectivity index (χ2n) is 7.09. The number of rotatable bonds is 5. The minimum absolute atomic E-state index is 0.0347. The molecule has 1 aromatic carbocycles. The molecule has 1 aliphatic heterocycles. The van der Waals surface area contributed by atoms with E-state index in [1.54, 1.807) is 16.5 Å². The predicted molar refractivity (Wildman–Crippen MR) is 108 cm³/mol. The highest BCUT2D eigenvalue weighted by atomic mass is 16.6. The van der Waals surface area contributed by atoms with Crippen molar-refractivity contribution in [2.75, 3.05) is 18.0 Å². The largest absolute Gasteiger partial charge is 0.366 e. The summed E-state index contributed by atoms with van der Waals surface area (Å²) >= 11 is 0. The van der Waals surface area contributed by atoms with E-state index in [2.05, 4.69) is 20.4 Å². The summed E-state index contributed by atoms with van der Waals surface area (Å²) in [7, 11) is 0. The fraction of sp³-hybridized carbons (Fsp3) is 0.350. The molecular weight excluding hydrogens is 372 g/mol. The van der Waals surface area contributed by atoms with E-state index in [4.69, 9.17) is 0 Å². The first-order chi connectivity index (χ1) is 14.1. The highest BCUT2D eigenvalue weighted by molar-refractivity contribution is 5.95. The first kappa shape index (κ1) is 18.9. The van der Waals surface area contributed by atoms with E-state index in [-0.39, 0.29) is 23.7 Å². The van der Waals surface area contributed by atoms with Gasteiger partial charge in [0.05, 0.1) is 11.5 Å². The van der Waals surface area contributed by atoms with Gasteiger partial charge in [-0.25, -0.2) is 0 Å². The van der Waals surface area contributed by atoms with E-state index < -0.39 is 4.92 Å². The minimum atomic E-state index is -0.414. The molecule has 1 saturated heterocycles. The smallest absolute Gasteiger partial charge is 0.293 e. The number of pyridine rings is 1. The molecule has 9 nitrogen and oxygen atoms in total. The summed E-state index contributed by atoms with van der Waals surface area (Å²) in [4.78, 5) is 25.9. The second kappa shape index (κ2) is 8.26. The number of fused-ring (bicyclic) bond motifs is 1. The number of benzene rings is 1. The van der Waals surface area contributed by atoms with Crippen LogP contribution in [-0.4, -0.2) is 38.5 Å². The molecule has 29 heavy (non-hydrogen) atoms. The molecule has 1 fully saturated rings. The van der Waals surface area contributed by atoms with Gasteiger partial charge in [0.15, 0.2) is 11.5 Å². The summed E-state index contributed by atoms with van der Waals surface area (Å²) in [6.07, 6.45) is 6.14. The van der Waals surface area contributed by atoms with Crippen LogP contribution in [0, 0.1) is 10.1 Å². The molecule has 1 amide bonds. The number of anilines is 1. The number of hydrogen-bond acceptors (Lipinski definition) is 6. The van der Waals surface area contributed by atoms with Crippen LogP contribution in [0.4, 0.5) is 11.4 Å². The van der Waals surface area contributed by atoms with Crippen LogP contribution in [0.3, 0.4) is 0 Å². The van der Waals surface area contributed by atoms with Crippen molar-refractivity contribution in [3.63, 3.8) is 0 Å². The fourth-order valence-corrected chi connectivity index (χ4v) is 3.66. The van der Waals surface area contributed by atoms with Crippen LogP contribution in [0.25, 0.3) is 5.65 Å². The van der Waals surface area contributed by atoms with Crippen LogP contribution < -0.4 is 10.2 Å². The maximum atomic E-state index is 12.6. The molecule has 150 valence electrons. The van der Waals surface area contributed by atoms with E-state index in [0.717, 1.165) is 38.8 Å². The number of nitrogens with zero attached hydrogens (tertiary/aromatic N) is 5. The highest BCUT2D eigenvalue weighted by Gasteiger charge is 2.22. The highest BCUT2D eigenvalue weighted by Crippen LogP contribution is 2.31. The molecule has 3 aromatic rings. The van der Waals surface area contributed by atoms with Gasteiger partial charge in [0.1, 0.15) is 5.69 Å². The van der Waals surface area contributed by atoms with Crippen LogP contribution in [0.2, 0.25) is 0 Å². The minimum Gasteiger partial charge on any atom is -0.366 e. The number of carbonyl (C=O) groups is 1. The molecule has 0 bridgehead atoms. The molecule has 1 N–H and O–H groups in total. The molecule has 0 spiro atoms. The molecule has 0 unspecified atom stereocenters. The Kier molecular flexibility index (Phi) is 5.37. The Morgan fingerprint density at radius 3 is 2.66 bits per heavy atom. The number of nitro benzene ring substituents is 1. The SMILES string of the molecule is O=C(NCc1nnc2ccccn12)c1ccc(N2CCCCCC2)c([N+](=O)[O-])c1. The molecule has 4 rings (SSSR count). The van der Waals surface area contributed by atoms with Gasteiger partial charge < -0.3 is 10.2 Å². The third-order valence-corrected chi connectivity index (χ3v) is 5.17. The molecule has 9 heteroatoms. The zero-order valence-corrected chi connectivity index (χ0v) is 16.0. The van der Waals surface area contributed by atoms with Gasteiger partial charge in [0.25, 0.3) is 11.6 Å². The molecule has 0 radical (unpaired) electrons. The third kappa shape index (κ3) is 4.03. The zero-order chi connectivity index (χ0) is 20.2. The predicted octanol–water partition coefficient (Wildman–Crippen LogP) is 2.95. The van der Waals surface area contributed by atoms with Gasteiger partial charge in [-0.15, -0.1) is 10.2 Å². The Morgan fingerprint density at radius 1 is 1.10 bits per heavy atom. The van der Waals surface area contributed by atoms with Crippen LogP contribution in [0.15, 0.2) is 42.6 Å². The van der Waals surface area contributed by atoms with E-state index >= 15 is 0 Å². The van der Waals surface area contributed by atoms with Gasteiger partial charge in [0.2, 0.25) is 0 Å². The molecular formula is C20H22N6O3. The summed E-state index contributed by atoms with van der Waals surface area (Å²) in [5.74, 6) is 0.202. The number of amides is 1. The molecule has 0 atom stereocenters. The van der Waals surface area contributed by atoms with Crippen molar-refractivity contribution in [1.29, 1.82) is 0 Å². The summed E-state index contributed by atoms with van der Waals surface area (Å²) in [6, 6.07) is 10.2. The fourth-order valence-electron chi connectivity index (χ4n) is 3.66. The molecule has 3 heterocycles. The van der Waals surface area contributed by atoms with Crippen molar-refractivity contribution in [1.82, 2.24) is 19.9 Å². The Bertz CT molecular complexity index is 1040. The number of carbonyl (C=O) groups excluding carboxylic acids is 1. The van der Waals surface area contributed by atoms with Crippen LogP contribution in [-0.2, 0) is 6.54 Å². The number of aromatic nitrogens is 3. The molecule has 0 saturated carbocycles. The van der Waals surface area contributed by atoms with E-state index in [1.807, 2.05) is 24.4 Å². The van der Waals surface area contributed by atoms with Crippen molar-refractivity contribution in [2.24, 2.45) is 0 Å². The van der Waals surface area contributed by atoms with Crippen LogP contribution in [0.5, 0.6) is 0 Å². The summed E-state index contributed by atoms with van der Waals surface area (Å²) < 4.78 is 1.78. The first-order valence-corrected chi connectivity index (χ1v) is 9.74. The average molecular weight is 394 g/mol. The summed E-state index contributed by atoms with van der Waals surface area (Å²) in [5.41, 5.74) is 1.49. The average Bonchev–Trinajstić information content (AvgIpc) is 2.95. The number of hydrogen-bond donors (Lipinski definition) is 1. The maximum absolute atomic E-state index is 12.6. The zero-order valence-electron chi connectivity index (χ0n) is 16.0. The van der Waals surface area contributed by atoms with Crippen molar-refractivity contribution in [2.45, 2.75) is 32.2 Å². The Morgan fingerprint density at radius 2 is 1.90 bits per heavy atom. The topological polar surface area (TPSA) is 106 Å². The lowest BCUT2D eigenvalue weighted by molar-refractivity contribution is -0.384. The van der Waals surface area contributed by atoms with Gasteiger partial charge in [-0.05, 0) is 37.1 Å². The van der Waals surface area contributed by atoms with Gasteiger partial charge in [-0.3, -0.25) is 19.3 Å². The third-order valence-electron chi connectivity index (χ3n) is 5.17. The van der Waals surface area contributed by atoms with Gasteiger partial charge in [-0.2, -0.15) is 0 Å². The summed E-state index contributed by atoms with van der Waals surface area (Å²) in [6.45, 7) is 1.77. The quantitative estimate of drug-likeness (QED) is 0.527. The second-order valence-corrected chi connectivity index (χ2v) is 7.09. The van der Waals surface area contributed by atoms with E-state index in [9.17, 15) is 14.9 Å². The monoisotopic (exact) mass is 394 g/mol. The molecule has 0 aliphatic carbocycles. The Labute approximate surface area is 167 Å². The molecule has 1 aliphatic rings. The van der Waals surface area contributed by atoms with Crippen LogP contribution in [0.1, 0.15) is 41.9 Å². The van der Waals surface area contributed by atoms with Crippen molar-refractivity contribution in [3.8, 4) is 0 Å². The molecule has 2 aromatic heterocycles. The van der Waals surface area contributed by atoms with E-state index in [1.165, 1.54) is 6.07 Å². The lowest BCUT2D eigenvalue weighted by atomic mass is 10.1. The number of nitrogens with one attached hydrogen (secondary N) is 1.